The third kappa shape index (κ3) is 3.59. The lowest BCUT2D eigenvalue weighted by Crippen LogP contribution is -1.91. The van der Waals surface area contributed by atoms with Gasteiger partial charge in [-0.2, -0.15) is 0 Å². The Kier molecular flexibility index (Phi) is 4.74. The predicted octanol–water partition coefficient (Wildman–Crippen LogP) is 4.38. The van der Waals surface area contributed by atoms with Crippen molar-refractivity contribution < 1.29 is 4.79 Å². The lowest BCUT2D eigenvalue weighted by Gasteiger charge is -2.05. The molecule has 0 amide bonds. The monoisotopic (exact) mass is 262 g/mol. The van der Waals surface area contributed by atoms with Crippen LogP contribution in [0.15, 0.2) is 48.5 Å². The summed E-state index contributed by atoms with van der Waals surface area (Å²) in [5, 5.41) is 0. The van der Waals surface area contributed by atoms with Crippen molar-refractivity contribution in [1.29, 1.82) is 0 Å². The molecule has 20 heavy (non-hydrogen) atoms. The summed E-state index contributed by atoms with van der Waals surface area (Å²) in [6.07, 6.45) is 1.37. The van der Waals surface area contributed by atoms with Crippen molar-refractivity contribution >= 4 is 5.78 Å². The minimum absolute atomic E-state index is 0.00575. The molecule has 0 saturated carbocycles. The summed E-state index contributed by atoms with van der Waals surface area (Å²) < 4.78 is 0. The van der Waals surface area contributed by atoms with Crippen LogP contribution < -0.4 is 0 Å². The van der Waals surface area contributed by atoms with E-state index in [1.807, 2.05) is 31.2 Å². The highest BCUT2D eigenvalue weighted by Crippen LogP contribution is 2.23. The van der Waals surface area contributed by atoms with E-state index in [0.29, 0.717) is 6.42 Å². The molecule has 1 nitrogen and oxygen atoms in total. The van der Waals surface area contributed by atoms with Crippen molar-refractivity contribution in [3.8, 4) is 23.0 Å². The van der Waals surface area contributed by atoms with Gasteiger partial charge in [-0.3, -0.25) is 4.79 Å². The summed E-state index contributed by atoms with van der Waals surface area (Å²) >= 11 is 0. The van der Waals surface area contributed by atoms with Gasteiger partial charge in [0.05, 0.1) is 0 Å². The fourth-order valence-electron chi connectivity index (χ4n) is 2.00. The van der Waals surface area contributed by atoms with Crippen LogP contribution in [-0.2, 0) is 4.79 Å². The standard InChI is InChI=1S/C19H18O/c1-3-6-18(20)14-13-16-7-4-5-8-19(16)17-11-9-15(2)10-12-17/h4-5,7-12H,3,6H2,1-2H3. The smallest absolute Gasteiger partial charge is 0.205 e. The average molecular weight is 262 g/mol. The number of hydrogen-bond donors (Lipinski definition) is 0. The van der Waals surface area contributed by atoms with Crippen molar-refractivity contribution in [2.75, 3.05) is 0 Å². The molecule has 0 spiro atoms. The number of aryl methyl sites for hydroxylation is 1. The predicted molar refractivity (Wildman–Crippen MR) is 83.4 cm³/mol. The van der Waals surface area contributed by atoms with Crippen molar-refractivity contribution in [3.63, 3.8) is 0 Å². The third-order valence-corrected chi connectivity index (χ3v) is 3.10. The molecular weight excluding hydrogens is 244 g/mol. The molecule has 0 N–H and O–H groups in total. The second kappa shape index (κ2) is 6.73. The summed E-state index contributed by atoms with van der Waals surface area (Å²) in [4.78, 5) is 11.5. The van der Waals surface area contributed by atoms with Gasteiger partial charge in [0.15, 0.2) is 0 Å². The van der Waals surface area contributed by atoms with Crippen LogP contribution in [0.1, 0.15) is 30.9 Å². The van der Waals surface area contributed by atoms with E-state index in [-0.39, 0.29) is 5.78 Å². The Bertz CT molecular complexity index is 654. The van der Waals surface area contributed by atoms with Crippen LogP contribution in [0.4, 0.5) is 0 Å². The number of carbonyl (C=O) groups is 1. The molecule has 0 saturated heterocycles. The molecule has 0 atom stereocenters. The molecule has 0 aromatic heterocycles. The Morgan fingerprint density at radius 3 is 2.45 bits per heavy atom. The minimum atomic E-state index is 0.00575. The molecule has 2 aromatic rings. The molecule has 0 aliphatic rings. The molecule has 2 rings (SSSR count). The molecular formula is C19H18O. The van der Waals surface area contributed by atoms with Crippen LogP contribution in [0, 0.1) is 18.8 Å². The number of Topliss-reactive ketones (excluding diaryl/α,β-unsaturated/α-hetero) is 1. The molecule has 1 heteroatoms. The highest BCUT2D eigenvalue weighted by molar-refractivity contribution is 5.96. The zero-order chi connectivity index (χ0) is 14.4. The van der Waals surface area contributed by atoms with Crippen LogP contribution in [0.2, 0.25) is 0 Å². The first-order chi connectivity index (χ1) is 9.70. The zero-order valence-corrected chi connectivity index (χ0v) is 11.9. The Hall–Kier alpha value is -2.33. The van der Waals surface area contributed by atoms with Gasteiger partial charge >= 0.3 is 0 Å². The summed E-state index contributed by atoms with van der Waals surface area (Å²) in [5.74, 6) is 5.75. The molecule has 2 aromatic carbocycles. The average Bonchev–Trinajstić information content (AvgIpc) is 2.47. The van der Waals surface area contributed by atoms with Gasteiger partial charge in [0.1, 0.15) is 0 Å². The van der Waals surface area contributed by atoms with Gasteiger partial charge in [-0.1, -0.05) is 60.9 Å². The van der Waals surface area contributed by atoms with Crippen molar-refractivity contribution in [2.24, 2.45) is 0 Å². The van der Waals surface area contributed by atoms with E-state index in [9.17, 15) is 4.79 Å². The number of carbonyl (C=O) groups excluding carboxylic acids is 1. The number of benzene rings is 2. The molecule has 100 valence electrons. The molecule has 0 bridgehead atoms. The summed E-state index contributed by atoms with van der Waals surface area (Å²) in [6, 6.07) is 16.3. The van der Waals surface area contributed by atoms with E-state index >= 15 is 0 Å². The Balaban J connectivity index is 2.36. The Morgan fingerprint density at radius 1 is 1.05 bits per heavy atom. The van der Waals surface area contributed by atoms with Crippen molar-refractivity contribution in [3.05, 3.63) is 59.7 Å². The molecule has 0 aliphatic carbocycles. The van der Waals surface area contributed by atoms with Gasteiger partial charge < -0.3 is 0 Å². The van der Waals surface area contributed by atoms with Gasteiger partial charge in [0, 0.05) is 12.0 Å². The van der Waals surface area contributed by atoms with E-state index in [0.717, 1.165) is 23.1 Å². The van der Waals surface area contributed by atoms with Crippen LogP contribution in [0.25, 0.3) is 11.1 Å². The zero-order valence-electron chi connectivity index (χ0n) is 11.9. The quantitative estimate of drug-likeness (QED) is 0.750. The third-order valence-electron chi connectivity index (χ3n) is 3.10. The fourth-order valence-corrected chi connectivity index (χ4v) is 2.00. The molecule has 0 aliphatic heterocycles. The maximum absolute atomic E-state index is 11.5. The molecule has 0 radical (unpaired) electrons. The lowest BCUT2D eigenvalue weighted by atomic mass is 9.99. The molecule has 0 heterocycles. The highest BCUT2D eigenvalue weighted by Gasteiger charge is 2.02. The second-order valence-electron chi connectivity index (χ2n) is 4.83. The largest absolute Gasteiger partial charge is 0.285 e. The second-order valence-corrected chi connectivity index (χ2v) is 4.83. The SMILES string of the molecule is CCCC(=O)C#Cc1ccccc1-c1ccc(C)cc1. The molecule has 0 unspecified atom stereocenters. The van der Waals surface area contributed by atoms with Crippen molar-refractivity contribution in [2.45, 2.75) is 26.7 Å². The van der Waals surface area contributed by atoms with Gasteiger partial charge in [-0.25, -0.2) is 0 Å². The van der Waals surface area contributed by atoms with Crippen LogP contribution in [0.5, 0.6) is 0 Å². The van der Waals surface area contributed by atoms with Gasteiger partial charge in [-0.15, -0.1) is 0 Å². The van der Waals surface area contributed by atoms with Crippen molar-refractivity contribution in [1.82, 2.24) is 0 Å². The van der Waals surface area contributed by atoms with E-state index in [2.05, 4.69) is 43.0 Å². The lowest BCUT2D eigenvalue weighted by molar-refractivity contribution is -0.113. The summed E-state index contributed by atoms with van der Waals surface area (Å²) in [7, 11) is 0. The van der Waals surface area contributed by atoms with E-state index in [1.54, 1.807) is 0 Å². The highest BCUT2D eigenvalue weighted by atomic mass is 16.1. The van der Waals surface area contributed by atoms with E-state index < -0.39 is 0 Å². The van der Waals surface area contributed by atoms with Gasteiger partial charge in [0.25, 0.3) is 0 Å². The first kappa shape index (κ1) is 14.1. The maximum atomic E-state index is 11.5. The van der Waals surface area contributed by atoms with Crippen LogP contribution in [-0.4, -0.2) is 5.78 Å². The van der Waals surface area contributed by atoms with E-state index in [1.165, 1.54) is 5.56 Å². The fraction of sp³-hybridized carbons (Fsp3) is 0.211. The van der Waals surface area contributed by atoms with Gasteiger partial charge in [-0.05, 0) is 36.5 Å². The normalized spacial score (nSPS) is 9.70. The van der Waals surface area contributed by atoms with Gasteiger partial charge in [0.2, 0.25) is 5.78 Å². The van der Waals surface area contributed by atoms with Crippen LogP contribution in [0.3, 0.4) is 0 Å². The summed E-state index contributed by atoms with van der Waals surface area (Å²) in [5.41, 5.74) is 4.34. The Morgan fingerprint density at radius 2 is 1.75 bits per heavy atom. The van der Waals surface area contributed by atoms with E-state index in [4.69, 9.17) is 0 Å². The minimum Gasteiger partial charge on any atom is -0.285 e. The summed E-state index contributed by atoms with van der Waals surface area (Å²) in [6.45, 7) is 4.05. The maximum Gasteiger partial charge on any atom is 0.205 e. The first-order valence-corrected chi connectivity index (χ1v) is 6.91. The number of hydrogen-bond acceptors (Lipinski definition) is 1. The molecule has 0 fully saturated rings. The number of ketones is 1. The van der Waals surface area contributed by atoms with Crippen LogP contribution >= 0.6 is 0 Å². The number of rotatable bonds is 3. The topological polar surface area (TPSA) is 17.1 Å². The first-order valence-electron chi connectivity index (χ1n) is 6.91. The Labute approximate surface area is 120 Å².